The molecule has 0 atom stereocenters. The predicted molar refractivity (Wildman–Crippen MR) is 106 cm³/mol. The molecule has 1 heterocycles. The van der Waals surface area contributed by atoms with Gasteiger partial charge in [0.05, 0.1) is 15.8 Å². The first kappa shape index (κ1) is 20.9. The Bertz CT molecular complexity index is 894. The molecule has 0 spiro atoms. The molecule has 0 radical (unpaired) electrons. The van der Waals surface area contributed by atoms with Crippen LogP contribution in [-0.2, 0) is 21.4 Å². The molecule has 0 saturated carbocycles. The van der Waals surface area contributed by atoms with Crippen LogP contribution in [0.15, 0.2) is 35.2 Å². The molecule has 0 unspecified atom stereocenters. The van der Waals surface area contributed by atoms with Gasteiger partial charge in [0, 0.05) is 31.2 Å². The molecule has 1 aromatic heterocycles. The Kier molecular flexibility index (Phi) is 6.81. The molecule has 1 amide bonds. The third-order valence-electron chi connectivity index (χ3n) is 3.70. The second-order valence-corrected chi connectivity index (χ2v) is 10.1. The monoisotopic (exact) mass is 415 g/mol. The van der Waals surface area contributed by atoms with E-state index in [0.717, 1.165) is 9.18 Å². The smallest absolute Gasteiger partial charge is 0.242 e. The van der Waals surface area contributed by atoms with Gasteiger partial charge in [0.1, 0.15) is 0 Å². The molecule has 1 N–H and O–H groups in total. The van der Waals surface area contributed by atoms with Crippen molar-refractivity contribution >= 4 is 44.6 Å². The van der Waals surface area contributed by atoms with Crippen molar-refractivity contribution in [1.29, 1.82) is 0 Å². The van der Waals surface area contributed by atoms with E-state index in [-0.39, 0.29) is 17.3 Å². The van der Waals surface area contributed by atoms with E-state index in [2.05, 4.69) is 5.32 Å². The third-order valence-corrected chi connectivity index (χ3v) is 6.87. The summed E-state index contributed by atoms with van der Waals surface area (Å²) >= 11 is 7.39. The van der Waals surface area contributed by atoms with E-state index < -0.39 is 10.0 Å². The normalized spacial score (nSPS) is 12.0. The minimum absolute atomic E-state index is 0.180. The van der Waals surface area contributed by atoms with Crippen molar-refractivity contribution in [3.05, 3.63) is 45.1 Å². The maximum atomic E-state index is 12.4. The van der Waals surface area contributed by atoms with Gasteiger partial charge in [-0.25, -0.2) is 12.7 Å². The minimum atomic E-state index is -3.57. The van der Waals surface area contributed by atoms with Crippen LogP contribution in [0.3, 0.4) is 0 Å². The van der Waals surface area contributed by atoms with Crippen LogP contribution in [0.25, 0.3) is 0 Å². The van der Waals surface area contributed by atoms with E-state index in [9.17, 15) is 13.2 Å². The Morgan fingerprint density at radius 1 is 1.19 bits per heavy atom. The highest BCUT2D eigenvalue weighted by Crippen LogP contribution is 2.23. The second kappa shape index (κ2) is 8.49. The summed E-state index contributed by atoms with van der Waals surface area (Å²) in [5, 5.41) is 2.76. The third kappa shape index (κ3) is 5.28. The molecule has 9 heteroatoms. The zero-order chi connectivity index (χ0) is 19.5. The van der Waals surface area contributed by atoms with Crippen molar-refractivity contribution in [3.63, 3.8) is 0 Å². The number of benzene rings is 1. The lowest BCUT2D eigenvalue weighted by Crippen LogP contribution is -2.29. The second-order valence-electron chi connectivity index (χ2n) is 6.19. The molecular formula is C17H22ClN3O3S2. The van der Waals surface area contributed by atoms with Gasteiger partial charge >= 0.3 is 0 Å². The summed E-state index contributed by atoms with van der Waals surface area (Å²) in [4.78, 5) is 15.4. The Hall–Kier alpha value is -1.45. The number of hydrogen-bond donors (Lipinski definition) is 1. The average Bonchev–Trinajstić information content (AvgIpc) is 2.93. The SMILES string of the molecule is Cc1ccc(NC(=O)CN(C)Cc2ccc(Cl)s2)cc1S(=O)(=O)N(C)C. The maximum absolute atomic E-state index is 12.4. The maximum Gasteiger partial charge on any atom is 0.242 e. The zero-order valence-corrected chi connectivity index (χ0v) is 17.5. The number of nitrogens with zero attached hydrogens (tertiary/aromatic N) is 2. The van der Waals surface area contributed by atoms with E-state index >= 15 is 0 Å². The van der Waals surface area contributed by atoms with E-state index in [1.807, 2.05) is 24.1 Å². The topological polar surface area (TPSA) is 69.7 Å². The standard InChI is InChI=1S/C17H22ClN3O3S2/c1-12-5-6-13(9-15(12)26(23,24)20(2)3)19-17(22)11-21(4)10-14-7-8-16(18)25-14/h5-9H,10-11H2,1-4H3,(H,19,22). The van der Waals surface area contributed by atoms with E-state index in [0.29, 0.717) is 22.1 Å². The van der Waals surface area contributed by atoms with Crippen LogP contribution in [0.2, 0.25) is 4.34 Å². The number of carbonyl (C=O) groups excluding carboxylic acids is 1. The highest BCUT2D eigenvalue weighted by molar-refractivity contribution is 7.89. The predicted octanol–water partition coefficient (Wildman–Crippen LogP) is 3.03. The molecule has 26 heavy (non-hydrogen) atoms. The molecule has 0 aliphatic heterocycles. The summed E-state index contributed by atoms with van der Waals surface area (Å²) in [5.74, 6) is -0.216. The number of hydrogen-bond acceptors (Lipinski definition) is 5. The molecule has 2 aromatic rings. The Balaban J connectivity index is 2.05. The molecule has 0 saturated heterocycles. The van der Waals surface area contributed by atoms with Gasteiger partial charge in [-0.2, -0.15) is 0 Å². The van der Waals surface area contributed by atoms with Crippen molar-refractivity contribution < 1.29 is 13.2 Å². The molecule has 6 nitrogen and oxygen atoms in total. The summed E-state index contributed by atoms with van der Waals surface area (Å²) in [6.45, 7) is 2.51. The number of halogens is 1. The summed E-state index contributed by atoms with van der Waals surface area (Å²) in [5.41, 5.74) is 1.08. The number of rotatable bonds is 7. The van der Waals surface area contributed by atoms with Crippen LogP contribution in [0.4, 0.5) is 5.69 Å². The fourth-order valence-corrected chi connectivity index (χ4v) is 4.67. The fourth-order valence-electron chi connectivity index (χ4n) is 2.36. The first-order valence-electron chi connectivity index (χ1n) is 7.85. The lowest BCUT2D eigenvalue weighted by atomic mass is 10.2. The fraction of sp³-hybridized carbons (Fsp3) is 0.353. The lowest BCUT2D eigenvalue weighted by Gasteiger charge is -2.17. The number of amides is 1. The van der Waals surface area contributed by atoms with Crippen LogP contribution in [0, 0.1) is 6.92 Å². The summed E-state index contributed by atoms with van der Waals surface area (Å²) in [6.07, 6.45) is 0. The molecule has 2 rings (SSSR count). The van der Waals surface area contributed by atoms with E-state index in [4.69, 9.17) is 11.6 Å². The lowest BCUT2D eigenvalue weighted by molar-refractivity contribution is -0.117. The van der Waals surface area contributed by atoms with E-state index in [1.54, 1.807) is 19.1 Å². The number of carbonyl (C=O) groups is 1. The van der Waals surface area contributed by atoms with Crippen molar-refractivity contribution in [2.24, 2.45) is 0 Å². The summed E-state index contributed by atoms with van der Waals surface area (Å²) in [6, 6.07) is 8.63. The zero-order valence-electron chi connectivity index (χ0n) is 15.1. The Morgan fingerprint density at radius 2 is 1.88 bits per heavy atom. The van der Waals surface area contributed by atoms with Gasteiger partial charge in [0.25, 0.3) is 0 Å². The quantitative estimate of drug-likeness (QED) is 0.754. The van der Waals surface area contributed by atoms with Gasteiger partial charge in [-0.3, -0.25) is 9.69 Å². The van der Waals surface area contributed by atoms with Crippen molar-refractivity contribution in [2.75, 3.05) is 33.0 Å². The highest BCUT2D eigenvalue weighted by Gasteiger charge is 2.20. The van der Waals surface area contributed by atoms with Gasteiger partial charge in [0.15, 0.2) is 0 Å². The first-order valence-corrected chi connectivity index (χ1v) is 10.5. The molecule has 0 bridgehead atoms. The van der Waals surface area contributed by atoms with Crippen LogP contribution in [0.1, 0.15) is 10.4 Å². The van der Waals surface area contributed by atoms with Crippen molar-refractivity contribution in [1.82, 2.24) is 9.21 Å². The molecule has 142 valence electrons. The highest BCUT2D eigenvalue weighted by atomic mass is 35.5. The number of nitrogens with one attached hydrogen (secondary N) is 1. The summed E-state index contributed by atoms with van der Waals surface area (Å²) < 4.78 is 26.6. The van der Waals surface area contributed by atoms with Crippen LogP contribution < -0.4 is 5.32 Å². The van der Waals surface area contributed by atoms with Crippen LogP contribution in [0.5, 0.6) is 0 Å². The largest absolute Gasteiger partial charge is 0.325 e. The molecule has 0 fully saturated rings. The van der Waals surface area contributed by atoms with Gasteiger partial charge < -0.3 is 5.32 Å². The molecule has 0 aliphatic rings. The van der Waals surface area contributed by atoms with Crippen LogP contribution in [-0.4, -0.2) is 51.2 Å². The number of aryl methyl sites for hydroxylation is 1. The number of likely N-dealkylation sites (N-methyl/N-ethyl adjacent to an activating group) is 1. The van der Waals surface area contributed by atoms with Crippen molar-refractivity contribution in [3.8, 4) is 0 Å². The van der Waals surface area contributed by atoms with Crippen LogP contribution >= 0.6 is 22.9 Å². The van der Waals surface area contributed by atoms with E-state index in [1.165, 1.54) is 31.5 Å². The Morgan fingerprint density at radius 3 is 2.46 bits per heavy atom. The molecular weight excluding hydrogens is 394 g/mol. The molecule has 0 aliphatic carbocycles. The Labute approximate surface area is 163 Å². The first-order chi connectivity index (χ1) is 12.1. The molecule has 1 aromatic carbocycles. The average molecular weight is 416 g/mol. The number of thiophene rings is 1. The van der Waals surface area contributed by atoms with Gasteiger partial charge in [-0.1, -0.05) is 17.7 Å². The minimum Gasteiger partial charge on any atom is -0.325 e. The number of anilines is 1. The van der Waals surface area contributed by atoms with Gasteiger partial charge in [-0.05, 0) is 43.8 Å². The van der Waals surface area contributed by atoms with Gasteiger partial charge in [-0.15, -0.1) is 11.3 Å². The van der Waals surface area contributed by atoms with Gasteiger partial charge in [0.2, 0.25) is 15.9 Å². The van der Waals surface area contributed by atoms with Crippen molar-refractivity contribution in [2.45, 2.75) is 18.4 Å². The summed E-state index contributed by atoms with van der Waals surface area (Å²) in [7, 11) is 1.23. The number of sulfonamides is 1.